The van der Waals surface area contributed by atoms with Crippen LogP contribution in [0.4, 0.5) is 4.79 Å². The summed E-state index contributed by atoms with van der Waals surface area (Å²) in [4.78, 5) is 23.6. The Bertz CT molecular complexity index is 435. The fraction of sp³-hybridized carbons (Fsp3) is 0.789. The first-order chi connectivity index (χ1) is 11.8. The first-order valence-corrected chi connectivity index (χ1v) is 12.0. The molecule has 2 atom stereocenters. The number of hydrogen-bond acceptors (Lipinski definition) is 5. The molecule has 0 bridgehead atoms. The van der Waals surface area contributed by atoms with E-state index >= 15 is 0 Å². The molecule has 0 saturated carbocycles. The van der Waals surface area contributed by atoms with Crippen LogP contribution in [-0.2, 0) is 18.7 Å². The lowest BCUT2D eigenvalue weighted by molar-refractivity contribution is -0.124. The zero-order chi connectivity index (χ0) is 19.5. The molecule has 0 radical (unpaired) electrons. The van der Waals surface area contributed by atoms with E-state index in [4.69, 9.17) is 13.9 Å². The van der Waals surface area contributed by atoms with Crippen molar-refractivity contribution in [2.75, 3.05) is 13.2 Å². The Labute approximate surface area is 154 Å². The van der Waals surface area contributed by atoms with Gasteiger partial charge < -0.3 is 13.9 Å². The molecule has 0 rings (SSSR count). The molecule has 0 fully saturated rings. The quantitative estimate of drug-likeness (QED) is 0.270. The summed E-state index contributed by atoms with van der Waals surface area (Å²) in [7, 11) is -1.86. The summed E-state index contributed by atoms with van der Waals surface area (Å²) in [6.45, 7) is 14.4. The summed E-state index contributed by atoms with van der Waals surface area (Å²) in [6.07, 6.45) is 1.37. The monoisotopic (exact) mass is 372 g/mol. The topological polar surface area (TPSA) is 61.8 Å². The van der Waals surface area contributed by atoms with Gasteiger partial charge in [-0.15, -0.1) is 0 Å². The highest BCUT2D eigenvalue weighted by Crippen LogP contribution is 2.29. The lowest BCUT2D eigenvalue weighted by atomic mass is 9.93. The van der Waals surface area contributed by atoms with Crippen LogP contribution in [0.3, 0.4) is 0 Å². The number of hydrogen-bond donors (Lipinski definition) is 0. The predicted octanol–water partition coefficient (Wildman–Crippen LogP) is 5.11. The molecule has 0 heterocycles. The largest absolute Gasteiger partial charge is 0.508 e. The average molecular weight is 373 g/mol. The van der Waals surface area contributed by atoms with E-state index in [0.717, 1.165) is 23.7 Å². The van der Waals surface area contributed by atoms with Crippen LogP contribution in [0.1, 0.15) is 54.9 Å². The van der Waals surface area contributed by atoms with E-state index in [-0.39, 0.29) is 31.0 Å². The molecule has 0 aliphatic carbocycles. The molecule has 0 saturated heterocycles. The molecule has 5 nitrogen and oxygen atoms in total. The van der Waals surface area contributed by atoms with Crippen molar-refractivity contribution >= 4 is 20.3 Å². The molecular weight excluding hydrogens is 336 g/mol. The zero-order valence-electron chi connectivity index (χ0n) is 17.0. The average Bonchev–Trinajstić information content (AvgIpc) is 2.62. The second kappa shape index (κ2) is 12.2. The maximum Gasteiger partial charge on any atom is 0.508 e. The van der Waals surface area contributed by atoms with Gasteiger partial charge in [0.1, 0.15) is 12.4 Å². The Hall–Kier alpha value is -1.14. The molecule has 146 valence electrons. The van der Waals surface area contributed by atoms with Gasteiger partial charge in [-0.3, -0.25) is 4.79 Å². The minimum Gasteiger partial charge on any atom is -0.435 e. The Morgan fingerprint density at radius 1 is 1.00 bits per heavy atom. The summed E-state index contributed by atoms with van der Waals surface area (Å²) < 4.78 is 16.4. The van der Waals surface area contributed by atoms with Gasteiger partial charge in [-0.2, -0.15) is 0 Å². The van der Waals surface area contributed by atoms with Crippen molar-refractivity contribution in [2.45, 2.75) is 79.1 Å². The Morgan fingerprint density at radius 3 is 2.00 bits per heavy atom. The van der Waals surface area contributed by atoms with Gasteiger partial charge in [-0.25, -0.2) is 4.79 Å². The minimum absolute atomic E-state index is 0.122. The number of carbonyl (C=O) groups excluding carboxylic acids is 2. The second-order valence-corrected chi connectivity index (χ2v) is 11.1. The highest BCUT2D eigenvalue weighted by Gasteiger charge is 2.36. The fourth-order valence-corrected chi connectivity index (χ4v) is 5.80. The maximum absolute atomic E-state index is 12.3. The first kappa shape index (κ1) is 23.9. The van der Waals surface area contributed by atoms with Crippen molar-refractivity contribution in [3.05, 3.63) is 11.6 Å². The predicted molar refractivity (Wildman–Crippen MR) is 103 cm³/mol. The minimum atomic E-state index is -1.86. The van der Waals surface area contributed by atoms with Crippen LogP contribution in [0.5, 0.6) is 0 Å². The van der Waals surface area contributed by atoms with Gasteiger partial charge in [0, 0.05) is 12.3 Å². The highest BCUT2D eigenvalue weighted by atomic mass is 28.4. The first-order valence-electron chi connectivity index (χ1n) is 9.47. The molecule has 6 heteroatoms. The number of ether oxygens (including phenoxy) is 2. The van der Waals surface area contributed by atoms with Crippen LogP contribution in [0.2, 0.25) is 18.1 Å². The SMILES string of the molecule is CCOC(=O)OC/C=C(\C)[C@H](O[Si](CC)(CC)CC)[C@H](C)C(=O)CC. The van der Waals surface area contributed by atoms with Gasteiger partial charge in [-0.1, -0.05) is 34.6 Å². The molecule has 0 N–H and O–H groups in total. The van der Waals surface area contributed by atoms with E-state index < -0.39 is 14.5 Å². The number of ketones is 1. The van der Waals surface area contributed by atoms with E-state index in [2.05, 4.69) is 20.8 Å². The van der Waals surface area contributed by atoms with E-state index in [0.29, 0.717) is 6.42 Å². The Balaban J connectivity index is 5.29. The second-order valence-electron chi connectivity index (χ2n) is 6.33. The lowest BCUT2D eigenvalue weighted by Gasteiger charge is -2.36. The molecule has 0 amide bonds. The zero-order valence-corrected chi connectivity index (χ0v) is 18.0. The molecule has 0 spiro atoms. The van der Waals surface area contributed by atoms with E-state index in [1.165, 1.54) is 0 Å². The summed E-state index contributed by atoms with van der Waals surface area (Å²) >= 11 is 0. The van der Waals surface area contributed by atoms with E-state index in [1.54, 1.807) is 6.92 Å². The van der Waals surface area contributed by atoms with Gasteiger partial charge in [0.15, 0.2) is 8.32 Å². The number of carbonyl (C=O) groups is 2. The molecule has 25 heavy (non-hydrogen) atoms. The summed E-state index contributed by atoms with van der Waals surface area (Å²) in [5.41, 5.74) is 0.936. The third-order valence-corrected chi connectivity index (χ3v) is 9.56. The van der Waals surface area contributed by atoms with Gasteiger partial charge >= 0.3 is 6.16 Å². The van der Waals surface area contributed by atoms with Crippen LogP contribution >= 0.6 is 0 Å². The molecular formula is C19H36O5Si. The summed E-state index contributed by atoms with van der Waals surface area (Å²) in [6, 6.07) is 3.07. The number of Topliss-reactive ketones (excluding diaryl/α,β-unsaturated/α-hetero) is 1. The molecule has 0 aromatic rings. The van der Waals surface area contributed by atoms with Gasteiger partial charge in [-0.05, 0) is 43.6 Å². The summed E-state index contributed by atoms with van der Waals surface area (Å²) in [5.74, 6) is -0.0179. The fourth-order valence-electron chi connectivity index (χ4n) is 2.87. The van der Waals surface area contributed by atoms with Crippen molar-refractivity contribution in [3.63, 3.8) is 0 Å². The van der Waals surface area contributed by atoms with E-state index in [9.17, 15) is 9.59 Å². The maximum atomic E-state index is 12.3. The van der Waals surface area contributed by atoms with Crippen molar-refractivity contribution in [1.29, 1.82) is 0 Å². The normalized spacial score (nSPS) is 14.8. The van der Waals surface area contributed by atoms with Crippen LogP contribution in [0.25, 0.3) is 0 Å². The standard InChI is InChI=1S/C19H36O5Si/c1-8-17(20)16(7)18(24-25(10-3,11-4)12-5)15(6)13-14-23-19(21)22-9-2/h13,16,18H,8-12,14H2,1-7H3/b15-13+/t16-,18+/m1/s1. The van der Waals surface area contributed by atoms with Gasteiger partial charge in [0.2, 0.25) is 0 Å². The van der Waals surface area contributed by atoms with Crippen molar-refractivity contribution in [2.24, 2.45) is 5.92 Å². The van der Waals surface area contributed by atoms with Crippen LogP contribution in [-0.4, -0.2) is 39.6 Å². The third kappa shape index (κ3) is 7.73. The molecule has 0 aromatic carbocycles. The molecule has 0 aromatic heterocycles. The highest BCUT2D eigenvalue weighted by molar-refractivity contribution is 6.73. The summed E-state index contributed by atoms with van der Waals surface area (Å²) in [5, 5.41) is 0. The Morgan fingerprint density at radius 2 is 1.56 bits per heavy atom. The smallest absolute Gasteiger partial charge is 0.435 e. The lowest BCUT2D eigenvalue weighted by Crippen LogP contribution is -2.44. The van der Waals surface area contributed by atoms with Crippen LogP contribution < -0.4 is 0 Å². The molecule has 0 aliphatic heterocycles. The van der Waals surface area contributed by atoms with Gasteiger partial charge in [0.05, 0.1) is 12.7 Å². The van der Waals surface area contributed by atoms with E-state index in [1.807, 2.05) is 26.8 Å². The third-order valence-electron chi connectivity index (χ3n) is 4.94. The van der Waals surface area contributed by atoms with Crippen molar-refractivity contribution in [3.8, 4) is 0 Å². The van der Waals surface area contributed by atoms with Crippen molar-refractivity contribution < 1.29 is 23.5 Å². The number of rotatable bonds is 12. The van der Waals surface area contributed by atoms with Crippen molar-refractivity contribution in [1.82, 2.24) is 0 Å². The molecule has 0 unspecified atom stereocenters. The van der Waals surface area contributed by atoms with Crippen LogP contribution in [0.15, 0.2) is 11.6 Å². The molecule has 0 aliphatic rings. The Kier molecular flexibility index (Phi) is 11.7. The van der Waals surface area contributed by atoms with Gasteiger partial charge in [0.25, 0.3) is 0 Å². The van der Waals surface area contributed by atoms with Crippen LogP contribution in [0, 0.1) is 5.92 Å².